The molecule has 0 bridgehead atoms. The summed E-state index contributed by atoms with van der Waals surface area (Å²) in [5, 5.41) is 8.08. The molecule has 1 unspecified atom stereocenters. The Balaban J connectivity index is 2.05. The van der Waals surface area contributed by atoms with E-state index < -0.39 is 0 Å². The fraction of sp³-hybridized carbons (Fsp3) is 0.500. The zero-order valence-electron chi connectivity index (χ0n) is 12.6. The first-order valence-corrected chi connectivity index (χ1v) is 7.21. The lowest BCUT2D eigenvalue weighted by Gasteiger charge is -2.25. The molecule has 0 aliphatic carbocycles. The van der Waals surface area contributed by atoms with Crippen LogP contribution in [0.2, 0.25) is 0 Å². The van der Waals surface area contributed by atoms with Gasteiger partial charge in [-0.25, -0.2) is 4.98 Å². The van der Waals surface area contributed by atoms with Crippen LogP contribution in [0.1, 0.15) is 50.3 Å². The van der Waals surface area contributed by atoms with Crippen molar-refractivity contribution in [3.8, 4) is 0 Å². The van der Waals surface area contributed by atoms with E-state index in [-0.39, 0.29) is 5.41 Å². The number of benzene rings is 1. The summed E-state index contributed by atoms with van der Waals surface area (Å²) in [6.07, 6.45) is 1.06. The average molecular weight is 270 g/mol. The van der Waals surface area contributed by atoms with Crippen molar-refractivity contribution in [3.05, 3.63) is 41.5 Å². The number of aromatic nitrogens is 3. The van der Waals surface area contributed by atoms with Gasteiger partial charge in [-0.15, -0.1) is 0 Å². The van der Waals surface area contributed by atoms with E-state index in [0.29, 0.717) is 5.92 Å². The Labute approximate surface area is 120 Å². The van der Waals surface area contributed by atoms with Crippen molar-refractivity contribution in [1.82, 2.24) is 14.8 Å². The molecule has 1 atom stereocenters. The van der Waals surface area contributed by atoms with E-state index >= 15 is 0 Å². The fourth-order valence-corrected chi connectivity index (χ4v) is 2.75. The molecule has 2 heterocycles. The molecule has 4 nitrogen and oxygen atoms in total. The Kier molecular flexibility index (Phi) is 3.04. The van der Waals surface area contributed by atoms with Crippen LogP contribution in [0.4, 0.5) is 5.69 Å². The number of rotatable bonds is 1. The number of hydrogen-bond donors (Lipinski definition) is 1. The van der Waals surface area contributed by atoms with E-state index in [0.717, 1.165) is 24.6 Å². The molecule has 0 saturated heterocycles. The smallest absolute Gasteiger partial charge is 0.156 e. The van der Waals surface area contributed by atoms with Crippen molar-refractivity contribution in [2.75, 3.05) is 11.9 Å². The van der Waals surface area contributed by atoms with Gasteiger partial charge in [0.05, 0.1) is 0 Å². The highest BCUT2D eigenvalue weighted by Gasteiger charge is 2.28. The Morgan fingerprint density at radius 2 is 2.00 bits per heavy atom. The maximum Gasteiger partial charge on any atom is 0.156 e. The molecule has 0 fully saturated rings. The quantitative estimate of drug-likeness (QED) is 0.866. The van der Waals surface area contributed by atoms with Gasteiger partial charge in [0.1, 0.15) is 5.82 Å². The molecule has 1 aliphatic rings. The number of hydrogen-bond acceptors (Lipinski definition) is 3. The van der Waals surface area contributed by atoms with Crippen molar-refractivity contribution >= 4 is 5.69 Å². The molecule has 0 spiro atoms. The third-order valence-electron chi connectivity index (χ3n) is 3.86. The molecule has 1 aromatic heterocycles. The summed E-state index contributed by atoms with van der Waals surface area (Å²) in [4.78, 5) is 4.83. The molecule has 0 saturated carbocycles. The van der Waals surface area contributed by atoms with Crippen molar-refractivity contribution in [2.45, 2.75) is 38.5 Å². The van der Waals surface area contributed by atoms with Crippen molar-refractivity contribution < 1.29 is 0 Å². The molecule has 20 heavy (non-hydrogen) atoms. The lowest BCUT2D eigenvalue weighted by molar-refractivity contribution is 0.538. The summed E-state index contributed by atoms with van der Waals surface area (Å²) in [6, 6.07) is 8.51. The van der Waals surface area contributed by atoms with Crippen LogP contribution in [0.3, 0.4) is 0 Å². The van der Waals surface area contributed by atoms with Crippen LogP contribution in [-0.4, -0.2) is 21.3 Å². The van der Waals surface area contributed by atoms with E-state index in [1.54, 1.807) is 0 Å². The Morgan fingerprint density at radius 1 is 1.25 bits per heavy atom. The number of aryl methyl sites for hydroxylation is 1. The van der Waals surface area contributed by atoms with Crippen LogP contribution in [0.5, 0.6) is 0 Å². The molecule has 0 radical (unpaired) electrons. The summed E-state index contributed by atoms with van der Waals surface area (Å²) in [7, 11) is 2.00. The van der Waals surface area contributed by atoms with Gasteiger partial charge in [-0.05, 0) is 18.1 Å². The van der Waals surface area contributed by atoms with Crippen LogP contribution in [0.25, 0.3) is 0 Å². The molecule has 0 amide bonds. The first-order valence-electron chi connectivity index (χ1n) is 7.21. The predicted molar refractivity (Wildman–Crippen MR) is 81.1 cm³/mol. The van der Waals surface area contributed by atoms with Crippen LogP contribution < -0.4 is 5.32 Å². The number of anilines is 1. The van der Waals surface area contributed by atoms with Gasteiger partial charge in [-0.2, -0.15) is 5.10 Å². The van der Waals surface area contributed by atoms with E-state index in [2.05, 4.69) is 55.5 Å². The minimum Gasteiger partial charge on any atom is -0.385 e. The molecule has 1 aliphatic heterocycles. The first kappa shape index (κ1) is 13.2. The SMILES string of the molecule is Cn1nc(C(C)(C)C)nc1C1CCNc2ccccc21. The van der Waals surface area contributed by atoms with Gasteiger partial charge in [0.25, 0.3) is 0 Å². The van der Waals surface area contributed by atoms with Crippen LogP contribution in [0, 0.1) is 0 Å². The Morgan fingerprint density at radius 3 is 2.70 bits per heavy atom. The van der Waals surface area contributed by atoms with E-state index in [1.807, 2.05) is 11.7 Å². The molecule has 1 N–H and O–H groups in total. The fourth-order valence-electron chi connectivity index (χ4n) is 2.75. The highest BCUT2D eigenvalue weighted by molar-refractivity contribution is 5.56. The highest BCUT2D eigenvalue weighted by Crippen LogP contribution is 2.35. The molecular formula is C16H22N4. The number of fused-ring (bicyclic) bond motifs is 1. The number of para-hydroxylation sites is 1. The topological polar surface area (TPSA) is 42.7 Å². The van der Waals surface area contributed by atoms with E-state index in [4.69, 9.17) is 4.98 Å². The first-order chi connectivity index (χ1) is 9.47. The zero-order valence-corrected chi connectivity index (χ0v) is 12.6. The monoisotopic (exact) mass is 270 g/mol. The molecule has 3 rings (SSSR count). The zero-order chi connectivity index (χ0) is 14.3. The van der Waals surface area contributed by atoms with Crippen molar-refractivity contribution in [3.63, 3.8) is 0 Å². The van der Waals surface area contributed by atoms with Gasteiger partial charge >= 0.3 is 0 Å². The maximum atomic E-state index is 4.83. The Hall–Kier alpha value is -1.84. The van der Waals surface area contributed by atoms with Crippen molar-refractivity contribution in [1.29, 1.82) is 0 Å². The molecule has 4 heteroatoms. The summed E-state index contributed by atoms with van der Waals surface area (Å²) >= 11 is 0. The second-order valence-electron chi connectivity index (χ2n) is 6.52. The minimum absolute atomic E-state index is 0.0115. The molecular weight excluding hydrogens is 248 g/mol. The number of nitrogens with one attached hydrogen (secondary N) is 1. The predicted octanol–water partition coefficient (Wildman–Crippen LogP) is 3.06. The second-order valence-corrected chi connectivity index (χ2v) is 6.52. The Bertz CT molecular complexity index is 622. The largest absolute Gasteiger partial charge is 0.385 e. The minimum atomic E-state index is -0.0115. The van der Waals surface area contributed by atoms with Gasteiger partial charge in [-0.1, -0.05) is 39.0 Å². The normalized spacial score (nSPS) is 18.5. The average Bonchev–Trinajstić information content (AvgIpc) is 2.80. The number of nitrogens with zero attached hydrogens (tertiary/aromatic N) is 3. The second kappa shape index (κ2) is 4.62. The summed E-state index contributed by atoms with van der Waals surface area (Å²) in [5.41, 5.74) is 2.54. The van der Waals surface area contributed by atoms with Gasteiger partial charge in [-0.3, -0.25) is 4.68 Å². The van der Waals surface area contributed by atoms with Crippen LogP contribution in [0.15, 0.2) is 24.3 Å². The summed E-state index contributed by atoms with van der Waals surface area (Å²) in [6.45, 7) is 7.45. The lowest BCUT2D eigenvalue weighted by atomic mass is 9.90. The van der Waals surface area contributed by atoms with Gasteiger partial charge in [0.15, 0.2) is 5.82 Å². The van der Waals surface area contributed by atoms with Crippen LogP contribution >= 0.6 is 0 Å². The molecule has 1 aromatic carbocycles. The molecule has 106 valence electrons. The van der Waals surface area contributed by atoms with E-state index in [9.17, 15) is 0 Å². The van der Waals surface area contributed by atoms with Crippen LogP contribution in [-0.2, 0) is 12.5 Å². The summed E-state index contributed by atoms with van der Waals surface area (Å²) in [5.74, 6) is 2.33. The van der Waals surface area contributed by atoms with Gasteiger partial charge in [0, 0.05) is 30.6 Å². The summed E-state index contributed by atoms with van der Waals surface area (Å²) < 4.78 is 1.95. The standard InChI is InChI=1S/C16H22N4/c1-16(2,3)15-18-14(20(4)19-15)12-9-10-17-13-8-6-5-7-11(12)13/h5-8,12,17H,9-10H2,1-4H3. The van der Waals surface area contributed by atoms with Gasteiger partial charge in [0.2, 0.25) is 0 Å². The van der Waals surface area contributed by atoms with Crippen molar-refractivity contribution in [2.24, 2.45) is 7.05 Å². The lowest BCUT2D eigenvalue weighted by Crippen LogP contribution is -2.20. The third-order valence-corrected chi connectivity index (χ3v) is 3.86. The van der Waals surface area contributed by atoms with E-state index in [1.165, 1.54) is 11.3 Å². The highest BCUT2D eigenvalue weighted by atomic mass is 15.3. The van der Waals surface area contributed by atoms with Gasteiger partial charge < -0.3 is 5.32 Å². The molecule has 2 aromatic rings. The maximum absolute atomic E-state index is 4.83. The third kappa shape index (κ3) is 2.19.